The molecule has 0 bridgehead atoms. The lowest BCUT2D eigenvalue weighted by atomic mass is 10.2. The van der Waals surface area contributed by atoms with Crippen LogP contribution in [-0.4, -0.2) is 50.8 Å². The van der Waals surface area contributed by atoms with Crippen molar-refractivity contribution in [3.05, 3.63) is 48.5 Å². The van der Waals surface area contributed by atoms with Crippen LogP contribution in [0.15, 0.2) is 53.4 Å². The fourth-order valence-corrected chi connectivity index (χ4v) is 6.06. The minimum absolute atomic E-state index is 0.0162. The quantitative estimate of drug-likeness (QED) is 0.675. The number of sulfone groups is 1. The zero-order chi connectivity index (χ0) is 20.3. The third-order valence-corrected chi connectivity index (χ3v) is 7.69. The predicted molar refractivity (Wildman–Crippen MR) is 114 cm³/mol. The summed E-state index contributed by atoms with van der Waals surface area (Å²) in [5.41, 5.74) is 0.735. The molecule has 0 spiro atoms. The number of ether oxygens (including phenoxy) is 2. The summed E-state index contributed by atoms with van der Waals surface area (Å²) < 4.78 is 35.3. The molecule has 0 N–H and O–H groups in total. The first-order chi connectivity index (χ1) is 14.0. The molecule has 2 aliphatic rings. The van der Waals surface area contributed by atoms with Crippen molar-refractivity contribution >= 4 is 33.2 Å². The molecule has 1 atom stereocenters. The zero-order valence-electron chi connectivity index (χ0n) is 16.0. The number of anilines is 1. The number of hydrogen-bond donors (Lipinski definition) is 0. The third-order valence-electron chi connectivity index (χ3n) is 4.96. The van der Waals surface area contributed by atoms with Crippen molar-refractivity contribution < 1.29 is 22.7 Å². The Balaban J connectivity index is 1.49. The van der Waals surface area contributed by atoms with Gasteiger partial charge in [0, 0.05) is 17.0 Å². The number of carbonyl (C=O) groups is 1. The largest absolute Gasteiger partial charge is 0.490 e. The van der Waals surface area contributed by atoms with Crippen LogP contribution in [0, 0.1) is 0 Å². The van der Waals surface area contributed by atoms with E-state index in [2.05, 4.69) is 0 Å². The number of fused-ring (bicyclic) bond motifs is 1. The van der Waals surface area contributed by atoms with Crippen LogP contribution in [0.3, 0.4) is 0 Å². The molecule has 29 heavy (non-hydrogen) atoms. The average molecular weight is 434 g/mol. The van der Waals surface area contributed by atoms with Gasteiger partial charge in [-0.15, -0.1) is 11.8 Å². The summed E-state index contributed by atoms with van der Waals surface area (Å²) in [6.45, 7) is 1.24. The molecular weight excluding hydrogens is 410 g/mol. The molecule has 2 heterocycles. The van der Waals surface area contributed by atoms with Gasteiger partial charge in [-0.05, 0) is 36.8 Å². The molecule has 1 amide bonds. The maximum Gasteiger partial charge on any atom is 0.237 e. The summed E-state index contributed by atoms with van der Waals surface area (Å²) in [7, 11) is -3.09. The van der Waals surface area contributed by atoms with Gasteiger partial charge in [-0.1, -0.05) is 18.2 Å². The number of carbonyl (C=O) groups excluding carboxylic acids is 1. The Morgan fingerprint density at radius 3 is 2.55 bits per heavy atom. The minimum Gasteiger partial charge on any atom is -0.490 e. The number of nitrogens with zero attached hydrogens (tertiary/aromatic N) is 1. The molecule has 0 aliphatic carbocycles. The highest BCUT2D eigenvalue weighted by Crippen LogP contribution is 2.34. The van der Waals surface area contributed by atoms with Gasteiger partial charge in [0.1, 0.15) is 0 Å². The van der Waals surface area contributed by atoms with Gasteiger partial charge >= 0.3 is 0 Å². The first-order valence-corrected chi connectivity index (χ1v) is 12.4. The summed E-state index contributed by atoms with van der Waals surface area (Å²) in [6.07, 6.45) is 1.31. The Morgan fingerprint density at radius 2 is 1.83 bits per heavy atom. The van der Waals surface area contributed by atoms with Crippen LogP contribution in [0.2, 0.25) is 0 Å². The van der Waals surface area contributed by atoms with Crippen LogP contribution < -0.4 is 14.4 Å². The summed E-state index contributed by atoms with van der Waals surface area (Å²) in [5, 5.41) is 0. The normalized spacial score (nSPS) is 20.1. The Labute approximate surface area is 175 Å². The summed E-state index contributed by atoms with van der Waals surface area (Å²) in [4.78, 5) is 15.7. The van der Waals surface area contributed by atoms with E-state index in [1.54, 1.807) is 4.90 Å². The molecular formula is C21H23NO5S2. The highest BCUT2D eigenvalue weighted by molar-refractivity contribution is 8.00. The van der Waals surface area contributed by atoms with Gasteiger partial charge in [0.15, 0.2) is 21.3 Å². The van der Waals surface area contributed by atoms with Gasteiger partial charge in [0.2, 0.25) is 5.91 Å². The van der Waals surface area contributed by atoms with Crippen LogP contribution in [0.4, 0.5) is 5.69 Å². The summed E-state index contributed by atoms with van der Waals surface area (Å²) >= 11 is 1.41. The molecule has 2 aliphatic heterocycles. The van der Waals surface area contributed by atoms with E-state index in [-0.39, 0.29) is 29.2 Å². The molecule has 1 saturated heterocycles. The van der Waals surface area contributed by atoms with Crippen LogP contribution in [0.5, 0.6) is 11.5 Å². The van der Waals surface area contributed by atoms with Gasteiger partial charge in [-0.25, -0.2) is 8.42 Å². The molecule has 2 aromatic rings. The molecule has 1 unspecified atom stereocenters. The molecule has 4 rings (SSSR count). The first kappa shape index (κ1) is 20.1. The molecule has 0 radical (unpaired) electrons. The molecule has 2 aromatic carbocycles. The number of amides is 1. The zero-order valence-corrected chi connectivity index (χ0v) is 17.6. The molecule has 154 valence electrons. The Morgan fingerprint density at radius 1 is 1.07 bits per heavy atom. The molecule has 6 nitrogen and oxygen atoms in total. The van der Waals surface area contributed by atoms with Crippen molar-refractivity contribution in [2.75, 3.05) is 35.4 Å². The second kappa shape index (κ2) is 8.67. The van der Waals surface area contributed by atoms with E-state index in [1.807, 2.05) is 48.5 Å². The predicted octanol–water partition coefficient (Wildman–Crippen LogP) is 3.16. The van der Waals surface area contributed by atoms with Crippen molar-refractivity contribution in [1.29, 1.82) is 0 Å². The highest BCUT2D eigenvalue weighted by atomic mass is 32.2. The van der Waals surface area contributed by atoms with Gasteiger partial charge in [-0.3, -0.25) is 4.79 Å². The van der Waals surface area contributed by atoms with Crippen molar-refractivity contribution in [3.8, 4) is 11.5 Å². The lowest BCUT2D eigenvalue weighted by Gasteiger charge is -2.28. The summed E-state index contributed by atoms with van der Waals surface area (Å²) in [5.74, 6) is 1.68. The maximum atomic E-state index is 13.1. The highest BCUT2D eigenvalue weighted by Gasteiger charge is 2.35. The Kier molecular flexibility index (Phi) is 6.01. The van der Waals surface area contributed by atoms with Crippen LogP contribution in [0.25, 0.3) is 0 Å². The second-order valence-electron chi connectivity index (χ2n) is 7.10. The second-order valence-corrected chi connectivity index (χ2v) is 10.4. The number of thioether (sulfide) groups is 1. The summed E-state index contributed by atoms with van der Waals surface area (Å²) in [6, 6.07) is 14.6. The van der Waals surface area contributed by atoms with Crippen molar-refractivity contribution in [3.63, 3.8) is 0 Å². The number of rotatable bonds is 5. The molecule has 1 fully saturated rings. The van der Waals surface area contributed by atoms with E-state index in [4.69, 9.17) is 9.47 Å². The fourth-order valence-electron chi connectivity index (χ4n) is 3.57. The van der Waals surface area contributed by atoms with Crippen LogP contribution in [-0.2, 0) is 14.6 Å². The third kappa shape index (κ3) is 4.87. The lowest BCUT2D eigenvalue weighted by Crippen LogP contribution is -2.42. The van der Waals surface area contributed by atoms with E-state index in [1.165, 1.54) is 11.8 Å². The number of benzene rings is 2. The van der Waals surface area contributed by atoms with Gasteiger partial charge in [0.25, 0.3) is 0 Å². The number of hydrogen-bond acceptors (Lipinski definition) is 6. The monoisotopic (exact) mass is 433 g/mol. The SMILES string of the molecule is O=C(CSc1ccc2c(c1)OCCCO2)N(c1ccccc1)C1CCS(=O)(=O)C1. The van der Waals surface area contributed by atoms with Crippen molar-refractivity contribution in [1.82, 2.24) is 0 Å². The number of para-hydroxylation sites is 1. The maximum absolute atomic E-state index is 13.1. The van der Waals surface area contributed by atoms with E-state index in [0.29, 0.717) is 25.4 Å². The molecule has 8 heteroatoms. The van der Waals surface area contributed by atoms with E-state index in [0.717, 1.165) is 22.8 Å². The standard InChI is InChI=1S/C21H23NO5S2/c23-21(14-28-18-7-8-19-20(13-18)27-11-4-10-26-19)22(16-5-2-1-3-6-16)17-9-12-29(24,25)15-17/h1-3,5-8,13,17H,4,9-12,14-15H2. The van der Waals surface area contributed by atoms with E-state index in [9.17, 15) is 13.2 Å². The smallest absolute Gasteiger partial charge is 0.237 e. The van der Waals surface area contributed by atoms with E-state index < -0.39 is 9.84 Å². The van der Waals surface area contributed by atoms with Crippen LogP contribution >= 0.6 is 11.8 Å². The fraction of sp³-hybridized carbons (Fsp3) is 0.381. The Hall–Kier alpha value is -2.19. The van der Waals surface area contributed by atoms with Gasteiger partial charge < -0.3 is 14.4 Å². The van der Waals surface area contributed by atoms with Gasteiger partial charge in [-0.2, -0.15) is 0 Å². The van der Waals surface area contributed by atoms with Gasteiger partial charge in [0.05, 0.1) is 36.5 Å². The minimum atomic E-state index is -3.09. The average Bonchev–Trinajstić information content (AvgIpc) is 2.92. The Bertz CT molecular complexity index is 978. The molecule has 0 saturated carbocycles. The van der Waals surface area contributed by atoms with Crippen molar-refractivity contribution in [2.45, 2.75) is 23.8 Å². The van der Waals surface area contributed by atoms with E-state index >= 15 is 0 Å². The van der Waals surface area contributed by atoms with Crippen molar-refractivity contribution in [2.24, 2.45) is 0 Å². The first-order valence-electron chi connectivity index (χ1n) is 9.62. The molecule has 0 aromatic heterocycles. The lowest BCUT2D eigenvalue weighted by molar-refractivity contribution is -0.116. The topological polar surface area (TPSA) is 72.9 Å². The van der Waals surface area contributed by atoms with Crippen LogP contribution in [0.1, 0.15) is 12.8 Å².